The van der Waals surface area contributed by atoms with Crippen LogP contribution in [-0.2, 0) is 11.8 Å². The number of amides is 1. The first-order valence-corrected chi connectivity index (χ1v) is 10.3. The second kappa shape index (κ2) is 8.99. The minimum atomic E-state index is -4.72. The second-order valence-electron chi connectivity index (χ2n) is 8.10. The summed E-state index contributed by atoms with van der Waals surface area (Å²) in [6, 6.07) is 9.35. The van der Waals surface area contributed by atoms with Gasteiger partial charge in [0.1, 0.15) is 0 Å². The Balaban J connectivity index is 1.92. The third kappa shape index (κ3) is 5.80. The fraction of sp³-hybridized carbons (Fsp3) is 0.261. The zero-order chi connectivity index (χ0) is 24.6. The Morgan fingerprint density at radius 3 is 2.39 bits per heavy atom. The molecule has 10 heteroatoms. The highest BCUT2D eigenvalue weighted by Crippen LogP contribution is 2.29. The lowest BCUT2D eigenvalue weighted by Gasteiger charge is -2.21. The van der Waals surface area contributed by atoms with Crippen LogP contribution < -0.4 is 10.0 Å². The zero-order valence-corrected chi connectivity index (χ0v) is 18.7. The number of aliphatic hydroxyl groups is 1. The van der Waals surface area contributed by atoms with Crippen LogP contribution in [0.1, 0.15) is 54.0 Å². The van der Waals surface area contributed by atoms with Crippen LogP contribution in [0.5, 0.6) is 0 Å². The molecular weight excluding hydrogens is 459 g/mol. The van der Waals surface area contributed by atoms with Crippen LogP contribution in [-0.4, -0.2) is 21.2 Å². The van der Waals surface area contributed by atoms with E-state index < -0.39 is 29.4 Å². The monoisotopic (exact) mass is 480 g/mol. The van der Waals surface area contributed by atoms with Crippen LogP contribution in [0.4, 0.5) is 13.2 Å². The van der Waals surface area contributed by atoms with Crippen molar-refractivity contribution in [2.24, 2.45) is 0 Å². The van der Waals surface area contributed by atoms with Gasteiger partial charge in [0.05, 0.1) is 22.4 Å². The van der Waals surface area contributed by atoms with E-state index in [1.54, 1.807) is 45.0 Å². The Hall–Kier alpha value is -3.17. The van der Waals surface area contributed by atoms with Gasteiger partial charge in [-0.05, 0) is 62.7 Å². The van der Waals surface area contributed by atoms with Gasteiger partial charge in [-0.2, -0.15) is 13.2 Å². The van der Waals surface area contributed by atoms with Gasteiger partial charge in [-0.3, -0.25) is 15.0 Å². The van der Waals surface area contributed by atoms with Gasteiger partial charge in [-0.25, -0.2) is 0 Å². The van der Waals surface area contributed by atoms with Crippen molar-refractivity contribution in [3.63, 3.8) is 0 Å². The minimum Gasteiger partial charge on any atom is -0.386 e. The summed E-state index contributed by atoms with van der Waals surface area (Å²) >= 11 is 5.90. The first kappa shape index (κ1) is 24.5. The minimum absolute atomic E-state index is 0.0167. The molecule has 2 aromatic heterocycles. The molecule has 33 heavy (non-hydrogen) atoms. The Labute approximate surface area is 193 Å². The number of benzene rings is 1. The Kier molecular flexibility index (Phi) is 6.67. The van der Waals surface area contributed by atoms with Gasteiger partial charge in [0.15, 0.2) is 0 Å². The average Bonchev–Trinajstić information content (AvgIpc) is 2.72. The zero-order valence-electron chi connectivity index (χ0n) is 18.0. The van der Waals surface area contributed by atoms with Crippen molar-refractivity contribution in [2.75, 3.05) is 0 Å². The first-order valence-electron chi connectivity index (χ1n) is 9.88. The number of rotatable bonds is 5. The number of nitrogens with one attached hydrogen (secondary N) is 1. The highest BCUT2D eigenvalue weighted by atomic mass is 35.5. The average molecular weight is 481 g/mol. The van der Waals surface area contributed by atoms with Crippen LogP contribution in [0, 0.1) is 0 Å². The van der Waals surface area contributed by atoms with Crippen LogP contribution >= 0.6 is 11.6 Å². The second-order valence-corrected chi connectivity index (χ2v) is 8.54. The molecule has 0 aliphatic rings. The van der Waals surface area contributed by atoms with E-state index in [9.17, 15) is 28.3 Å². The molecule has 1 atom stereocenters. The predicted molar refractivity (Wildman–Crippen MR) is 115 cm³/mol. The maximum Gasteiger partial charge on any atom is 0.482 e. The largest absolute Gasteiger partial charge is 0.482 e. The molecule has 0 aliphatic heterocycles. The van der Waals surface area contributed by atoms with Crippen molar-refractivity contribution in [3.8, 4) is 11.3 Å². The number of hydrogen-bond acceptors (Lipinski definition) is 4. The molecular formula is C23H22ClF3N3O3+. The third-order valence-electron chi connectivity index (χ3n) is 5.01. The molecule has 1 aromatic carbocycles. The highest BCUT2D eigenvalue weighted by Gasteiger charge is 2.42. The van der Waals surface area contributed by atoms with Gasteiger partial charge in [-0.15, -0.1) is 0 Å². The number of aromatic nitrogens is 2. The van der Waals surface area contributed by atoms with E-state index in [0.717, 1.165) is 12.3 Å². The van der Waals surface area contributed by atoms with E-state index in [0.29, 0.717) is 21.8 Å². The van der Waals surface area contributed by atoms with Crippen molar-refractivity contribution >= 4 is 17.5 Å². The van der Waals surface area contributed by atoms with Gasteiger partial charge in [0.2, 0.25) is 6.20 Å². The van der Waals surface area contributed by atoms with E-state index in [2.05, 4.69) is 10.3 Å². The molecule has 1 amide bonds. The predicted octanol–water partition coefficient (Wildman–Crippen LogP) is 4.66. The van der Waals surface area contributed by atoms with Crippen molar-refractivity contribution in [3.05, 3.63) is 82.3 Å². The van der Waals surface area contributed by atoms with Crippen LogP contribution in [0.3, 0.4) is 0 Å². The third-order valence-corrected chi connectivity index (χ3v) is 5.24. The molecule has 0 fully saturated rings. The fourth-order valence-electron chi connectivity index (χ4n) is 3.16. The lowest BCUT2D eigenvalue weighted by molar-refractivity contribution is -0.915. The van der Waals surface area contributed by atoms with Crippen molar-refractivity contribution in [1.82, 2.24) is 10.3 Å². The molecule has 3 aromatic rings. The Morgan fingerprint density at radius 2 is 1.85 bits per heavy atom. The van der Waals surface area contributed by atoms with Gasteiger partial charge in [0.25, 0.3) is 5.91 Å². The summed E-state index contributed by atoms with van der Waals surface area (Å²) < 4.78 is 38.6. The molecule has 0 bridgehead atoms. The highest BCUT2D eigenvalue weighted by molar-refractivity contribution is 6.30. The van der Waals surface area contributed by atoms with E-state index in [4.69, 9.17) is 11.6 Å². The Bertz CT molecular complexity index is 1180. The fourth-order valence-corrected chi connectivity index (χ4v) is 3.27. The topological polar surface area (TPSA) is 86.3 Å². The smallest absolute Gasteiger partial charge is 0.386 e. The normalized spacial score (nSPS) is 13.0. The number of alkyl halides is 3. The van der Waals surface area contributed by atoms with Gasteiger partial charge in [-0.1, -0.05) is 11.6 Å². The first-order chi connectivity index (χ1) is 15.3. The number of hydrogen-bond donors (Lipinski definition) is 3. The maximum atomic E-state index is 13.0. The molecule has 0 saturated carbocycles. The molecule has 2 heterocycles. The van der Waals surface area contributed by atoms with Crippen molar-refractivity contribution < 1.29 is 33.0 Å². The summed E-state index contributed by atoms with van der Waals surface area (Å²) in [5.74, 6) is -0.520. The molecule has 3 rings (SSSR count). The maximum absolute atomic E-state index is 13.0. The lowest BCUT2D eigenvalue weighted by atomic mass is 9.92. The summed E-state index contributed by atoms with van der Waals surface area (Å²) in [7, 11) is 0. The summed E-state index contributed by atoms with van der Waals surface area (Å²) in [4.78, 5) is 17.2. The molecule has 6 nitrogen and oxygen atoms in total. The quantitative estimate of drug-likeness (QED) is 0.366. The van der Waals surface area contributed by atoms with Gasteiger partial charge >= 0.3 is 11.9 Å². The number of halogens is 4. The SMILES string of the molecule is C[C@@H](NC(=O)c1cc(-c2ccc(Cl)cn2)cc(C(C)(C)O)c1)c1ccc(C(F)(F)F)[n+](O)c1. The molecule has 0 radical (unpaired) electrons. The number of carbonyl (C=O) groups excluding carboxylic acids is 1. The van der Waals surface area contributed by atoms with E-state index in [1.165, 1.54) is 18.3 Å². The van der Waals surface area contributed by atoms with Crippen molar-refractivity contribution in [2.45, 2.75) is 38.6 Å². The number of pyridine rings is 2. The summed E-state index contributed by atoms with van der Waals surface area (Å²) in [6.07, 6.45) is -2.36. The number of nitrogens with zero attached hydrogens (tertiary/aromatic N) is 2. The molecule has 0 unspecified atom stereocenters. The van der Waals surface area contributed by atoms with E-state index in [-0.39, 0.29) is 15.9 Å². The standard InChI is InChI=1S/C23H21ClF3N3O3/c1-13(14-4-7-20(23(25,26)27)30(33)12-14)29-21(31)16-8-15(9-17(10-16)22(2,3)32)19-6-5-18(24)11-28-19/h4-13,32H,1-3H3,(H-,29,31,33)/p+1/t13-/m1/s1. The number of carbonyl (C=O) groups is 1. The molecule has 0 saturated heterocycles. The van der Waals surface area contributed by atoms with Gasteiger partial charge in [0, 0.05) is 33.7 Å². The van der Waals surface area contributed by atoms with Crippen LogP contribution in [0.2, 0.25) is 5.02 Å². The molecule has 0 aliphatic carbocycles. The lowest BCUT2D eigenvalue weighted by Crippen LogP contribution is -2.40. The van der Waals surface area contributed by atoms with Crippen molar-refractivity contribution in [1.29, 1.82) is 0 Å². The Morgan fingerprint density at radius 1 is 1.15 bits per heavy atom. The van der Waals surface area contributed by atoms with E-state index >= 15 is 0 Å². The summed E-state index contributed by atoms with van der Waals surface area (Å²) in [5, 5.41) is 23.3. The molecule has 0 spiro atoms. The molecule has 3 N–H and O–H groups in total. The summed E-state index contributed by atoms with van der Waals surface area (Å²) in [5.41, 5.74) is -0.420. The van der Waals surface area contributed by atoms with E-state index in [1.807, 2.05) is 0 Å². The summed E-state index contributed by atoms with van der Waals surface area (Å²) in [6.45, 7) is 4.73. The van der Waals surface area contributed by atoms with Crippen LogP contribution in [0.15, 0.2) is 54.9 Å². The van der Waals surface area contributed by atoms with Gasteiger partial charge < -0.3 is 10.4 Å². The van der Waals surface area contributed by atoms with Crippen LogP contribution in [0.25, 0.3) is 11.3 Å². The molecule has 174 valence electrons.